The zero-order valence-corrected chi connectivity index (χ0v) is 15.1. The maximum atomic E-state index is 12.3. The summed E-state index contributed by atoms with van der Waals surface area (Å²) >= 11 is 0. The molecule has 0 saturated carbocycles. The van der Waals surface area contributed by atoms with Gasteiger partial charge in [-0.05, 0) is 42.8 Å². The maximum Gasteiger partial charge on any atom is 0.271 e. The van der Waals surface area contributed by atoms with Gasteiger partial charge in [0.15, 0.2) is 11.5 Å². The lowest BCUT2D eigenvalue weighted by Gasteiger charge is -2.09. The number of carbonyl (C=O) groups excluding carboxylic acids is 2. The van der Waals surface area contributed by atoms with Gasteiger partial charge in [0, 0.05) is 18.2 Å². The minimum Gasteiger partial charge on any atom is -0.493 e. The van der Waals surface area contributed by atoms with E-state index in [4.69, 9.17) is 9.47 Å². The average molecular weight is 355 g/mol. The van der Waals surface area contributed by atoms with Crippen LogP contribution >= 0.6 is 0 Å². The molecule has 0 unspecified atom stereocenters. The Morgan fingerprint density at radius 1 is 0.885 bits per heavy atom. The molecule has 0 bridgehead atoms. The molecule has 26 heavy (non-hydrogen) atoms. The van der Waals surface area contributed by atoms with Gasteiger partial charge in [-0.25, -0.2) is 5.43 Å². The fraction of sp³-hybridized carbons (Fsp3) is 0.211. The zero-order valence-electron chi connectivity index (χ0n) is 15.1. The number of hydrogen-bond acceptors (Lipinski definition) is 5. The molecule has 2 rings (SSSR count). The van der Waals surface area contributed by atoms with Crippen LogP contribution in [0.1, 0.15) is 29.8 Å². The van der Waals surface area contributed by atoms with E-state index in [-0.39, 0.29) is 11.8 Å². The van der Waals surface area contributed by atoms with Crippen molar-refractivity contribution in [1.82, 2.24) is 5.43 Å². The molecule has 0 aromatic heterocycles. The van der Waals surface area contributed by atoms with E-state index in [2.05, 4.69) is 15.8 Å². The molecule has 136 valence electrons. The van der Waals surface area contributed by atoms with Crippen LogP contribution in [0.4, 0.5) is 5.69 Å². The molecule has 0 atom stereocenters. The second-order valence-electron chi connectivity index (χ2n) is 5.47. The van der Waals surface area contributed by atoms with E-state index in [9.17, 15) is 9.59 Å². The summed E-state index contributed by atoms with van der Waals surface area (Å²) in [5, 5.41) is 6.81. The van der Waals surface area contributed by atoms with Gasteiger partial charge >= 0.3 is 0 Å². The van der Waals surface area contributed by atoms with E-state index in [1.165, 1.54) is 21.1 Å². The summed E-state index contributed by atoms with van der Waals surface area (Å²) in [5.74, 6) is 0.517. The molecule has 7 nitrogen and oxygen atoms in total. The average Bonchev–Trinajstić information content (AvgIpc) is 2.65. The van der Waals surface area contributed by atoms with Crippen molar-refractivity contribution >= 4 is 23.2 Å². The smallest absolute Gasteiger partial charge is 0.271 e. The first kappa shape index (κ1) is 19.0. The van der Waals surface area contributed by atoms with Crippen LogP contribution in [-0.2, 0) is 4.79 Å². The van der Waals surface area contributed by atoms with Gasteiger partial charge in [-0.1, -0.05) is 12.1 Å². The predicted molar refractivity (Wildman–Crippen MR) is 100.0 cm³/mol. The van der Waals surface area contributed by atoms with Crippen LogP contribution in [0.15, 0.2) is 47.6 Å². The third kappa shape index (κ3) is 4.83. The maximum absolute atomic E-state index is 12.3. The molecule has 2 N–H and O–H groups in total. The summed E-state index contributed by atoms with van der Waals surface area (Å²) in [6.45, 7) is 3.23. The van der Waals surface area contributed by atoms with Gasteiger partial charge in [-0.3, -0.25) is 9.59 Å². The Balaban J connectivity index is 2.08. The van der Waals surface area contributed by atoms with Gasteiger partial charge < -0.3 is 14.8 Å². The minimum atomic E-state index is -0.361. The summed E-state index contributed by atoms with van der Waals surface area (Å²) in [4.78, 5) is 23.3. The summed E-state index contributed by atoms with van der Waals surface area (Å²) in [5.41, 5.74) is 5.07. The van der Waals surface area contributed by atoms with E-state index in [0.717, 1.165) is 5.56 Å². The molecule has 0 heterocycles. The van der Waals surface area contributed by atoms with Crippen molar-refractivity contribution in [2.75, 3.05) is 19.5 Å². The van der Waals surface area contributed by atoms with Crippen LogP contribution in [0.2, 0.25) is 0 Å². The highest BCUT2D eigenvalue weighted by Gasteiger charge is 2.10. The van der Waals surface area contributed by atoms with Gasteiger partial charge in [-0.15, -0.1) is 0 Å². The number of nitrogens with one attached hydrogen (secondary N) is 2. The largest absolute Gasteiger partial charge is 0.493 e. The van der Waals surface area contributed by atoms with Gasteiger partial charge in [0.25, 0.3) is 5.91 Å². The Morgan fingerprint density at radius 3 is 2.08 bits per heavy atom. The molecule has 2 aromatic rings. The number of nitrogens with zero attached hydrogens (tertiary/aromatic N) is 1. The lowest BCUT2D eigenvalue weighted by Crippen LogP contribution is -2.19. The topological polar surface area (TPSA) is 89.0 Å². The Kier molecular flexibility index (Phi) is 6.32. The minimum absolute atomic E-state index is 0.134. The first-order valence-electron chi connectivity index (χ1n) is 7.89. The van der Waals surface area contributed by atoms with Crippen LogP contribution in [0.3, 0.4) is 0 Å². The highest BCUT2D eigenvalue weighted by molar-refractivity contribution is 6.01. The number of hydrazone groups is 1. The number of methoxy groups -OCH3 is 2. The van der Waals surface area contributed by atoms with E-state index in [1.54, 1.807) is 37.3 Å². The highest BCUT2D eigenvalue weighted by Crippen LogP contribution is 2.27. The molecular weight excluding hydrogens is 334 g/mol. The molecule has 2 amide bonds. The number of amides is 2. The molecule has 0 aliphatic rings. The summed E-state index contributed by atoms with van der Waals surface area (Å²) in [7, 11) is 3.04. The second-order valence-corrected chi connectivity index (χ2v) is 5.47. The van der Waals surface area contributed by atoms with Crippen molar-refractivity contribution < 1.29 is 19.1 Å². The zero-order chi connectivity index (χ0) is 19.1. The Bertz CT molecular complexity index is 829. The SMILES string of the molecule is COc1ccc(C(=O)N/N=C(\C)c2ccc(NC(C)=O)cc2)cc1OC. The first-order chi connectivity index (χ1) is 12.4. The molecule has 0 aliphatic carbocycles. The first-order valence-corrected chi connectivity index (χ1v) is 7.89. The summed E-state index contributed by atoms with van der Waals surface area (Å²) in [6.07, 6.45) is 0. The van der Waals surface area contributed by atoms with Crippen molar-refractivity contribution in [3.05, 3.63) is 53.6 Å². The molecule has 0 radical (unpaired) electrons. The quantitative estimate of drug-likeness (QED) is 0.616. The molecular formula is C19H21N3O4. The Labute approximate surface area is 152 Å². The summed E-state index contributed by atoms with van der Waals surface area (Å²) in [6, 6.07) is 12.0. The Morgan fingerprint density at radius 2 is 1.50 bits per heavy atom. The second kappa shape index (κ2) is 8.66. The van der Waals surface area contributed by atoms with Crippen molar-refractivity contribution in [3.63, 3.8) is 0 Å². The number of hydrogen-bond donors (Lipinski definition) is 2. The molecule has 0 fully saturated rings. The molecule has 2 aromatic carbocycles. The fourth-order valence-electron chi connectivity index (χ4n) is 2.24. The van der Waals surface area contributed by atoms with E-state index in [1.807, 2.05) is 12.1 Å². The standard InChI is InChI=1S/C19H21N3O4/c1-12(14-5-8-16(9-6-14)20-13(2)23)21-22-19(24)15-7-10-17(25-3)18(11-15)26-4/h5-11H,1-4H3,(H,20,23)(H,22,24)/b21-12+. The normalized spacial score (nSPS) is 10.8. The van der Waals surface area contributed by atoms with Gasteiger partial charge in [0.1, 0.15) is 0 Å². The van der Waals surface area contributed by atoms with Crippen molar-refractivity contribution in [2.24, 2.45) is 5.10 Å². The lowest BCUT2D eigenvalue weighted by molar-refractivity contribution is -0.114. The van der Waals surface area contributed by atoms with Gasteiger partial charge in [-0.2, -0.15) is 5.10 Å². The number of carbonyl (C=O) groups is 2. The van der Waals surface area contributed by atoms with Crippen LogP contribution in [0.25, 0.3) is 0 Å². The lowest BCUT2D eigenvalue weighted by atomic mass is 10.1. The molecule has 0 saturated heterocycles. The van der Waals surface area contributed by atoms with E-state index < -0.39 is 0 Å². The van der Waals surface area contributed by atoms with Crippen LogP contribution in [0, 0.1) is 0 Å². The number of ether oxygens (including phenoxy) is 2. The van der Waals surface area contributed by atoms with Crippen molar-refractivity contribution in [2.45, 2.75) is 13.8 Å². The Hall–Kier alpha value is -3.35. The van der Waals surface area contributed by atoms with Crippen LogP contribution in [-0.4, -0.2) is 31.7 Å². The predicted octanol–water partition coefficient (Wildman–Crippen LogP) is 2.82. The van der Waals surface area contributed by atoms with Gasteiger partial charge in [0.05, 0.1) is 19.9 Å². The molecule has 0 aliphatic heterocycles. The molecule has 7 heteroatoms. The van der Waals surface area contributed by atoms with Crippen LogP contribution < -0.4 is 20.2 Å². The third-order valence-electron chi connectivity index (χ3n) is 3.59. The van der Waals surface area contributed by atoms with Crippen molar-refractivity contribution in [1.29, 1.82) is 0 Å². The number of anilines is 1. The molecule has 0 spiro atoms. The number of benzene rings is 2. The monoisotopic (exact) mass is 355 g/mol. The van der Waals surface area contributed by atoms with E-state index in [0.29, 0.717) is 28.5 Å². The highest BCUT2D eigenvalue weighted by atomic mass is 16.5. The fourth-order valence-corrected chi connectivity index (χ4v) is 2.24. The van der Waals surface area contributed by atoms with Crippen LogP contribution in [0.5, 0.6) is 11.5 Å². The number of rotatable bonds is 6. The van der Waals surface area contributed by atoms with Gasteiger partial charge in [0.2, 0.25) is 5.91 Å². The van der Waals surface area contributed by atoms with Crippen molar-refractivity contribution in [3.8, 4) is 11.5 Å². The third-order valence-corrected chi connectivity index (χ3v) is 3.59. The summed E-state index contributed by atoms with van der Waals surface area (Å²) < 4.78 is 10.3. The van der Waals surface area contributed by atoms with E-state index >= 15 is 0 Å².